The van der Waals surface area contributed by atoms with Gasteiger partial charge in [-0.15, -0.1) is 0 Å². The average molecular weight is 405 g/mol. The quantitative estimate of drug-likeness (QED) is 0.255. The van der Waals surface area contributed by atoms with E-state index in [1.54, 1.807) is 6.92 Å². The lowest BCUT2D eigenvalue weighted by Gasteiger charge is -2.31. The van der Waals surface area contributed by atoms with Crippen LogP contribution in [0.3, 0.4) is 0 Å². The number of nitrogens with zero attached hydrogens (tertiary/aromatic N) is 1. The smallest absolute Gasteiger partial charge is 0.305 e. The lowest BCUT2D eigenvalue weighted by atomic mass is 9.94. The van der Waals surface area contributed by atoms with Gasteiger partial charge in [0.05, 0.1) is 6.61 Å². The summed E-state index contributed by atoms with van der Waals surface area (Å²) in [4.78, 5) is 25.0. The Balaban J connectivity index is 1.94. The van der Waals surface area contributed by atoms with E-state index in [0.717, 1.165) is 19.5 Å². The van der Waals surface area contributed by atoms with Gasteiger partial charge < -0.3 is 19.7 Å². The van der Waals surface area contributed by atoms with Gasteiger partial charge >= 0.3 is 5.97 Å². The van der Waals surface area contributed by atoms with Crippen molar-refractivity contribution in [3.05, 3.63) is 0 Å². The van der Waals surface area contributed by atoms with Crippen molar-refractivity contribution in [3.63, 3.8) is 0 Å². The summed E-state index contributed by atoms with van der Waals surface area (Å²) in [5.74, 6) is 3.02. The molecule has 0 aromatic heterocycles. The maximum Gasteiger partial charge on any atom is 0.305 e. The van der Waals surface area contributed by atoms with Gasteiger partial charge in [0, 0.05) is 37.4 Å². The summed E-state index contributed by atoms with van der Waals surface area (Å²) in [5.41, 5.74) is 0. The van der Waals surface area contributed by atoms with Crippen LogP contribution in [0.1, 0.15) is 52.4 Å². The van der Waals surface area contributed by atoms with E-state index in [4.69, 9.17) is 4.74 Å². The minimum absolute atomic E-state index is 0.134. The monoisotopic (exact) mass is 404 g/mol. The first-order valence-electron chi connectivity index (χ1n) is 9.94. The van der Waals surface area contributed by atoms with E-state index in [1.165, 1.54) is 44.0 Å². The third-order valence-electron chi connectivity index (χ3n) is 4.59. The van der Waals surface area contributed by atoms with Crippen LogP contribution < -0.4 is 5.32 Å². The molecule has 1 aliphatic heterocycles. The van der Waals surface area contributed by atoms with Crippen molar-refractivity contribution < 1.29 is 14.3 Å². The largest absolute Gasteiger partial charge is 0.466 e. The van der Waals surface area contributed by atoms with E-state index in [-0.39, 0.29) is 11.8 Å². The minimum Gasteiger partial charge on any atom is -0.466 e. The molecule has 5 nitrogen and oxygen atoms in total. The third-order valence-corrected chi connectivity index (χ3v) is 6.98. The summed E-state index contributed by atoms with van der Waals surface area (Å²) < 4.78 is 5.30. The molecule has 0 aliphatic carbocycles. The van der Waals surface area contributed by atoms with Gasteiger partial charge in [-0.1, -0.05) is 28.5 Å². The van der Waals surface area contributed by atoms with Crippen molar-refractivity contribution in [3.8, 4) is 0 Å². The first-order chi connectivity index (χ1) is 12.6. The Labute approximate surface area is 167 Å². The molecule has 0 aromatic rings. The number of ether oxygens (including phenoxy) is 1. The Morgan fingerprint density at radius 3 is 2.58 bits per heavy atom. The second-order valence-corrected chi connectivity index (χ2v) is 9.55. The molecule has 7 heteroatoms. The Hall–Kier alpha value is -0.240. The topological polar surface area (TPSA) is 58.6 Å². The molecule has 0 saturated carbocycles. The number of hydrogen-bond donors (Lipinski definition) is 1. The summed E-state index contributed by atoms with van der Waals surface area (Å²) in [6.07, 6.45) is 4.84. The van der Waals surface area contributed by atoms with Crippen molar-refractivity contribution in [1.82, 2.24) is 10.2 Å². The molecule has 0 aromatic carbocycles. The van der Waals surface area contributed by atoms with E-state index in [2.05, 4.69) is 17.1 Å². The molecule has 1 heterocycles. The Morgan fingerprint density at radius 2 is 1.88 bits per heavy atom. The molecule has 0 spiro atoms. The summed E-state index contributed by atoms with van der Waals surface area (Å²) in [7, 11) is 3.94. The zero-order chi connectivity index (χ0) is 19.0. The highest BCUT2D eigenvalue weighted by Crippen LogP contribution is 2.23. The summed E-state index contributed by atoms with van der Waals surface area (Å²) in [6.45, 7) is 9.89. The molecule has 0 atom stereocenters. The highest BCUT2D eigenvalue weighted by Gasteiger charge is 2.19. The molecule has 0 amide bonds. The van der Waals surface area contributed by atoms with Crippen LogP contribution in [0.25, 0.3) is 0 Å². The Morgan fingerprint density at radius 1 is 1.15 bits per heavy atom. The number of carbonyl (C=O) groups is 2. The molecule has 0 bridgehead atoms. The standard InChI is InChI=1S/C19H36N2O3S2/c1-3-20-10-15-25-26-16-13-21-11-7-18(8-12-21)9-14-24-19(23)6-4-5-17(2)22/h18,20H,3-16H2,1-2H3. The number of ketones is 1. The summed E-state index contributed by atoms with van der Waals surface area (Å²) in [5, 5.41) is 3.34. The van der Waals surface area contributed by atoms with Crippen LogP contribution in [-0.2, 0) is 14.3 Å². The number of likely N-dealkylation sites (tertiary alicyclic amines) is 1. The van der Waals surface area contributed by atoms with Gasteiger partial charge in [0.15, 0.2) is 0 Å². The van der Waals surface area contributed by atoms with Gasteiger partial charge in [0.1, 0.15) is 5.78 Å². The molecule has 1 fully saturated rings. The molecule has 1 aliphatic rings. The van der Waals surface area contributed by atoms with Crippen LogP contribution in [0, 0.1) is 5.92 Å². The lowest BCUT2D eigenvalue weighted by Crippen LogP contribution is -2.35. The third kappa shape index (κ3) is 13.0. The van der Waals surface area contributed by atoms with Crippen LogP contribution in [0.4, 0.5) is 0 Å². The number of esters is 1. The van der Waals surface area contributed by atoms with E-state index < -0.39 is 0 Å². The van der Waals surface area contributed by atoms with E-state index in [1.807, 2.05) is 21.6 Å². The fourth-order valence-corrected chi connectivity index (χ4v) is 4.94. The molecule has 152 valence electrons. The maximum atomic E-state index is 11.6. The van der Waals surface area contributed by atoms with Crippen molar-refractivity contribution in [2.75, 3.05) is 50.8 Å². The van der Waals surface area contributed by atoms with Crippen LogP contribution in [0.15, 0.2) is 0 Å². The van der Waals surface area contributed by atoms with E-state index in [9.17, 15) is 9.59 Å². The van der Waals surface area contributed by atoms with Crippen LogP contribution in [0.2, 0.25) is 0 Å². The van der Waals surface area contributed by atoms with Crippen molar-refractivity contribution in [2.24, 2.45) is 5.92 Å². The SMILES string of the molecule is CCNCCSSCCN1CCC(CCOC(=O)CCCC(C)=O)CC1. The molecular formula is C19H36N2O3S2. The predicted octanol–water partition coefficient (Wildman–Crippen LogP) is 3.38. The maximum absolute atomic E-state index is 11.6. The Bertz CT molecular complexity index is 389. The number of Topliss-reactive ketones (excluding diaryl/α,β-unsaturated/α-hetero) is 1. The summed E-state index contributed by atoms with van der Waals surface area (Å²) in [6, 6.07) is 0. The highest BCUT2D eigenvalue weighted by atomic mass is 33.1. The number of rotatable bonds is 15. The second kappa shape index (κ2) is 15.8. The van der Waals surface area contributed by atoms with E-state index in [0.29, 0.717) is 31.8 Å². The molecule has 1 N–H and O–H groups in total. The molecular weight excluding hydrogens is 368 g/mol. The zero-order valence-electron chi connectivity index (χ0n) is 16.5. The van der Waals surface area contributed by atoms with Crippen molar-refractivity contribution >= 4 is 33.3 Å². The number of piperidine rings is 1. The van der Waals surface area contributed by atoms with Crippen LogP contribution >= 0.6 is 21.6 Å². The lowest BCUT2D eigenvalue weighted by molar-refractivity contribution is -0.144. The minimum atomic E-state index is -0.160. The van der Waals surface area contributed by atoms with Crippen molar-refractivity contribution in [2.45, 2.75) is 52.4 Å². The van der Waals surface area contributed by atoms with Gasteiger partial charge in [0.2, 0.25) is 0 Å². The van der Waals surface area contributed by atoms with Gasteiger partial charge in [-0.2, -0.15) is 0 Å². The molecule has 1 saturated heterocycles. The number of nitrogens with one attached hydrogen (secondary N) is 1. The van der Waals surface area contributed by atoms with Gasteiger partial charge in [-0.25, -0.2) is 0 Å². The molecule has 1 rings (SSSR count). The predicted molar refractivity (Wildman–Crippen MR) is 113 cm³/mol. The van der Waals surface area contributed by atoms with Crippen LogP contribution in [0.5, 0.6) is 0 Å². The first kappa shape index (κ1) is 23.8. The second-order valence-electron chi connectivity index (χ2n) is 6.85. The summed E-state index contributed by atoms with van der Waals surface area (Å²) >= 11 is 0. The average Bonchev–Trinajstić information content (AvgIpc) is 2.62. The van der Waals surface area contributed by atoms with Gasteiger partial charge in [0.25, 0.3) is 0 Å². The molecule has 0 unspecified atom stereocenters. The molecule has 0 radical (unpaired) electrons. The fourth-order valence-electron chi connectivity index (χ4n) is 2.97. The van der Waals surface area contributed by atoms with Crippen LogP contribution in [-0.4, -0.2) is 67.5 Å². The number of carbonyl (C=O) groups excluding carboxylic acids is 2. The zero-order valence-corrected chi connectivity index (χ0v) is 18.1. The van der Waals surface area contributed by atoms with Gasteiger partial charge in [-0.05, 0) is 58.2 Å². The normalized spacial score (nSPS) is 15.9. The number of hydrogen-bond acceptors (Lipinski definition) is 7. The van der Waals surface area contributed by atoms with Crippen molar-refractivity contribution in [1.29, 1.82) is 0 Å². The van der Waals surface area contributed by atoms with Gasteiger partial charge in [-0.3, -0.25) is 4.79 Å². The highest BCUT2D eigenvalue weighted by molar-refractivity contribution is 8.76. The fraction of sp³-hybridized carbons (Fsp3) is 0.895. The van der Waals surface area contributed by atoms with E-state index >= 15 is 0 Å². The molecule has 26 heavy (non-hydrogen) atoms. The Kier molecular flexibility index (Phi) is 14.4. The first-order valence-corrected chi connectivity index (χ1v) is 12.4.